The summed E-state index contributed by atoms with van der Waals surface area (Å²) in [6, 6.07) is 48.7. The van der Waals surface area contributed by atoms with E-state index in [4.69, 9.17) is 0 Å². The summed E-state index contributed by atoms with van der Waals surface area (Å²) < 4.78 is 0. The van der Waals surface area contributed by atoms with Gasteiger partial charge in [-0.2, -0.15) is 0 Å². The van der Waals surface area contributed by atoms with Gasteiger partial charge in [0.25, 0.3) is 0 Å². The van der Waals surface area contributed by atoms with Gasteiger partial charge in [-0.15, -0.1) is 0 Å². The van der Waals surface area contributed by atoms with E-state index in [0.29, 0.717) is 0 Å². The zero-order valence-corrected chi connectivity index (χ0v) is 40.1. The Kier molecular flexibility index (Phi) is 10.6. The molecule has 0 aliphatic heterocycles. The fourth-order valence-corrected chi connectivity index (χ4v) is 11.2. The van der Waals surface area contributed by atoms with Crippen LogP contribution in [-0.2, 0) is 23.7 Å². The summed E-state index contributed by atoms with van der Waals surface area (Å²) in [6.07, 6.45) is 8.77. The molecule has 7 aromatic rings. The molecule has 0 bridgehead atoms. The summed E-state index contributed by atoms with van der Waals surface area (Å²) in [5.74, 6) is 0. The van der Waals surface area contributed by atoms with Crippen LogP contribution in [0, 0.1) is 13.8 Å². The first-order valence-electron chi connectivity index (χ1n) is 23.6. The summed E-state index contributed by atoms with van der Waals surface area (Å²) in [4.78, 5) is 4.96. The van der Waals surface area contributed by atoms with E-state index in [9.17, 15) is 0 Å². The van der Waals surface area contributed by atoms with Crippen LogP contribution in [0.1, 0.15) is 90.6 Å². The Labute approximate surface area is 388 Å². The summed E-state index contributed by atoms with van der Waals surface area (Å²) >= 11 is 0. The van der Waals surface area contributed by atoms with Crippen LogP contribution in [0.15, 0.2) is 133 Å². The number of rotatable bonds is 9. The molecule has 324 valence electrons. The molecule has 3 aliphatic rings. The number of benzene rings is 7. The number of aryl methyl sites for hydroxylation is 1. The van der Waals surface area contributed by atoms with Gasteiger partial charge in [-0.1, -0.05) is 6.08 Å². The van der Waals surface area contributed by atoms with Crippen molar-refractivity contribution in [2.75, 3.05) is 36.3 Å². The van der Waals surface area contributed by atoms with Gasteiger partial charge in [0.2, 0.25) is 0 Å². The van der Waals surface area contributed by atoms with Gasteiger partial charge >= 0.3 is 378 Å². The Morgan fingerprint density at radius 3 is 2.05 bits per heavy atom. The molecule has 0 unspecified atom stereocenters. The molecule has 0 spiro atoms. The van der Waals surface area contributed by atoms with E-state index in [0.717, 1.165) is 30.6 Å². The van der Waals surface area contributed by atoms with Crippen molar-refractivity contribution in [3.8, 4) is 44.5 Å². The van der Waals surface area contributed by atoms with Gasteiger partial charge in [0.05, 0.1) is 0 Å². The predicted octanol–water partition coefficient (Wildman–Crippen LogP) is 15.0. The fourth-order valence-electron chi connectivity index (χ4n) is 11.2. The van der Waals surface area contributed by atoms with E-state index in [1.807, 2.05) is 7.05 Å². The summed E-state index contributed by atoms with van der Waals surface area (Å²) in [6.45, 7) is 19.0. The Balaban J connectivity index is 1.28. The fraction of sp³-hybridized carbons (Fsp3) is 0.262. The number of fused-ring (bicyclic) bond motifs is 5. The second kappa shape index (κ2) is 16.2. The van der Waals surface area contributed by atoms with Crippen molar-refractivity contribution in [1.29, 1.82) is 0 Å². The molecule has 4 heteroatoms. The van der Waals surface area contributed by atoms with Gasteiger partial charge in [-0.25, -0.2) is 0 Å². The van der Waals surface area contributed by atoms with Crippen LogP contribution in [-0.4, -0.2) is 33.7 Å². The van der Waals surface area contributed by atoms with E-state index >= 15 is 0 Å². The van der Waals surface area contributed by atoms with E-state index in [2.05, 4.69) is 224 Å². The van der Waals surface area contributed by atoms with Crippen LogP contribution >= 0.6 is 0 Å². The monoisotopic (exact) mass is 848 g/mol. The molecule has 0 amide bonds. The van der Waals surface area contributed by atoms with Crippen molar-refractivity contribution in [2.24, 2.45) is 0 Å². The molecular formula is C61H62BN3. The second-order valence-corrected chi connectivity index (χ2v) is 20.2. The molecule has 7 aromatic carbocycles. The molecule has 3 aliphatic carbocycles. The zero-order chi connectivity index (χ0) is 45.4. The van der Waals surface area contributed by atoms with E-state index < -0.39 is 0 Å². The van der Waals surface area contributed by atoms with Crippen molar-refractivity contribution in [3.05, 3.63) is 184 Å². The summed E-state index contributed by atoms with van der Waals surface area (Å²) in [7, 11) is 6.44. The number of nitrogens with zero attached hydrogens (tertiary/aromatic N) is 2. The van der Waals surface area contributed by atoms with Crippen molar-refractivity contribution in [1.82, 2.24) is 0 Å². The summed E-state index contributed by atoms with van der Waals surface area (Å²) in [5.41, 5.74) is 28.3. The van der Waals surface area contributed by atoms with Crippen LogP contribution in [0.3, 0.4) is 0 Å². The molecular weight excluding hydrogens is 786 g/mol. The number of hydrogen-bond donors (Lipinski definition) is 1. The van der Waals surface area contributed by atoms with Gasteiger partial charge in [0, 0.05) is 0 Å². The first kappa shape index (κ1) is 42.6. The number of anilines is 4. The first-order chi connectivity index (χ1) is 31.3. The van der Waals surface area contributed by atoms with Crippen LogP contribution in [0.4, 0.5) is 22.7 Å². The van der Waals surface area contributed by atoms with Gasteiger partial charge in [0.1, 0.15) is 0 Å². The van der Waals surface area contributed by atoms with Crippen LogP contribution in [0.2, 0.25) is 6.82 Å². The molecule has 0 saturated carbocycles. The minimum absolute atomic E-state index is 0.0383. The third-order valence-electron chi connectivity index (χ3n) is 15.1. The maximum absolute atomic E-state index is 3.48. The molecule has 3 nitrogen and oxygen atoms in total. The van der Waals surface area contributed by atoms with Crippen molar-refractivity contribution >= 4 is 41.3 Å². The average molecular weight is 848 g/mol. The first-order valence-corrected chi connectivity index (χ1v) is 23.6. The quantitative estimate of drug-likeness (QED) is 0.146. The van der Waals surface area contributed by atoms with Crippen LogP contribution in [0.25, 0.3) is 50.6 Å². The standard InChI is InChI=1S/C61H62BN3/c1-38-30-41-21-16-22-42(41)31-49(38)47-25-17-24-46(39(47)2)44-33-51-48-23-15-14-20-43(48)32-52(51)58(34-44)65(56-27-26-45(63-8)35-50(56)40-18-12-11-13-19-40)59(62-7)53-36-54-55(37-57(53)64(9)10)61(5,6)29-28-60(54,3)4/h11-20,22-27,30-31,33-37,63H,21,28-29,32H2,1-10H3. The Hall–Kier alpha value is -6.39. The molecule has 1 N–H and O–H groups in total. The minimum atomic E-state index is 0.0383. The van der Waals surface area contributed by atoms with Gasteiger partial charge in [-0.3, -0.25) is 0 Å². The molecule has 10 rings (SSSR count). The molecule has 0 radical (unpaired) electrons. The normalized spacial score (nSPS) is 15.1. The number of hydrogen-bond acceptors (Lipinski definition) is 3. The van der Waals surface area contributed by atoms with Crippen LogP contribution in [0.5, 0.6) is 0 Å². The van der Waals surface area contributed by atoms with E-state index in [1.165, 1.54) is 118 Å². The maximum atomic E-state index is 3.48. The average Bonchev–Trinajstić information content (AvgIpc) is 3.93. The number of nitrogens with one attached hydrogen (secondary N) is 1. The third kappa shape index (κ3) is 7.27. The van der Waals surface area contributed by atoms with Crippen LogP contribution < -0.4 is 15.1 Å². The summed E-state index contributed by atoms with van der Waals surface area (Å²) in [5, 5.41) is 3.48. The SMILES string of the molecule is CB=C(c1cc2c(cc1N(C)C)C(C)(C)CCC2(C)C)N(c1ccc(NC)cc1-c1ccccc1)c1cc(-c2cccc(-c3cc4c(cc3C)CC=C4)c2C)cc2c1Cc1ccccc1-2. The van der Waals surface area contributed by atoms with Gasteiger partial charge < -0.3 is 0 Å². The van der Waals surface area contributed by atoms with Crippen molar-refractivity contribution < 1.29 is 0 Å². The van der Waals surface area contributed by atoms with Crippen molar-refractivity contribution in [2.45, 2.75) is 84.9 Å². The molecule has 65 heavy (non-hydrogen) atoms. The van der Waals surface area contributed by atoms with Crippen molar-refractivity contribution in [3.63, 3.8) is 0 Å². The molecule has 0 heterocycles. The van der Waals surface area contributed by atoms with E-state index in [1.54, 1.807) is 0 Å². The molecule has 0 saturated heterocycles. The third-order valence-corrected chi connectivity index (χ3v) is 15.1. The molecule has 0 atom stereocenters. The van der Waals surface area contributed by atoms with Gasteiger partial charge in [0.15, 0.2) is 0 Å². The predicted molar refractivity (Wildman–Crippen MR) is 283 cm³/mol. The Morgan fingerprint density at radius 1 is 0.600 bits per heavy atom. The second-order valence-electron chi connectivity index (χ2n) is 20.2. The molecule has 0 fully saturated rings. The topological polar surface area (TPSA) is 18.5 Å². The molecule has 0 aromatic heterocycles. The Bertz CT molecular complexity index is 3090. The Morgan fingerprint density at radius 2 is 1.31 bits per heavy atom. The number of allylic oxidation sites excluding steroid dienone is 1. The van der Waals surface area contributed by atoms with Gasteiger partial charge in [-0.05, 0) is 6.42 Å². The zero-order valence-electron chi connectivity index (χ0n) is 40.1. The van der Waals surface area contributed by atoms with E-state index in [-0.39, 0.29) is 10.8 Å².